The molecule has 4 nitrogen and oxygen atoms in total. The van der Waals surface area contributed by atoms with E-state index >= 15 is 0 Å². The Morgan fingerprint density at radius 3 is 2.90 bits per heavy atom. The highest BCUT2D eigenvalue weighted by Gasteiger charge is 2.06. The first kappa shape index (κ1) is 15.0. The molecular weight excluding hydrogens is 252 g/mol. The maximum atomic E-state index is 5.46. The first-order valence-corrected chi connectivity index (χ1v) is 7.21. The van der Waals surface area contributed by atoms with Gasteiger partial charge in [0.1, 0.15) is 0 Å². The van der Waals surface area contributed by atoms with Crippen molar-refractivity contribution in [3.63, 3.8) is 0 Å². The van der Waals surface area contributed by atoms with Gasteiger partial charge in [-0.15, -0.1) is 0 Å². The predicted molar refractivity (Wildman–Crippen MR) is 82.0 cm³/mol. The minimum Gasteiger partial charge on any atom is -0.383 e. The molecule has 0 unspecified atom stereocenters. The lowest BCUT2D eigenvalue weighted by Gasteiger charge is -2.11. The molecule has 0 aliphatic heterocycles. The monoisotopic (exact) mass is 276 g/mol. The zero-order valence-corrected chi connectivity index (χ0v) is 12.4. The molecule has 20 heavy (non-hydrogen) atoms. The molecule has 0 saturated heterocycles. The number of rotatable bonds is 9. The van der Waals surface area contributed by atoms with Gasteiger partial charge in [-0.25, -0.2) is 0 Å². The van der Waals surface area contributed by atoms with Crippen molar-refractivity contribution < 1.29 is 9.47 Å². The zero-order valence-electron chi connectivity index (χ0n) is 12.4. The Balaban J connectivity index is 2.09. The first-order valence-electron chi connectivity index (χ1n) is 7.21. The van der Waals surface area contributed by atoms with E-state index < -0.39 is 0 Å². The van der Waals surface area contributed by atoms with E-state index in [-0.39, 0.29) is 0 Å². The van der Waals surface area contributed by atoms with Crippen molar-refractivity contribution in [1.82, 2.24) is 9.88 Å². The summed E-state index contributed by atoms with van der Waals surface area (Å²) in [6.45, 7) is 6.91. The lowest BCUT2D eigenvalue weighted by Crippen LogP contribution is -2.19. The van der Waals surface area contributed by atoms with Crippen molar-refractivity contribution in [3.8, 4) is 0 Å². The Morgan fingerprint density at radius 2 is 2.10 bits per heavy atom. The molecule has 0 radical (unpaired) electrons. The molecule has 2 aromatic rings. The van der Waals surface area contributed by atoms with Crippen LogP contribution in [0.1, 0.15) is 12.5 Å². The van der Waals surface area contributed by atoms with Crippen LogP contribution in [-0.4, -0.2) is 38.0 Å². The van der Waals surface area contributed by atoms with Crippen LogP contribution in [0.25, 0.3) is 10.9 Å². The van der Waals surface area contributed by atoms with Gasteiger partial charge in [-0.3, -0.25) is 0 Å². The summed E-state index contributed by atoms with van der Waals surface area (Å²) in [5.74, 6) is 0. The van der Waals surface area contributed by atoms with Gasteiger partial charge in [0.05, 0.1) is 18.7 Å². The number of nitrogens with one attached hydrogen (secondary N) is 1. The summed E-state index contributed by atoms with van der Waals surface area (Å²) in [6, 6.07) is 8.62. The van der Waals surface area contributed by atoms with Crippen molar-refractivity contribution in [1.29, 1.82) is 0 Å². The molecule has 0 amide bonds. The standard InChI is InChI=1S/C16H24N2O2/c1-3-20-12-10-18-9-7-14-5-4-6-15(16(14)18)13-17-8-11-19-2/h4-7,9,17H,3,8,10-13H2,1-2H3. The number of hydrogen-bond acceptors (Lipinski definition) is 3. The molecule has 110 valence electrons. The fourth-order valence-electron chi connectivity index (χ4n) is 2.37. The van der Waals surface area contributed by atoms with E-state index in [0.717, 1.165) is 39.5 Å². The Labute approximate surface area is 120 Å². The smallest absolute Gasteiger partial charge is 0.0645 e. The molecule has 0 aliphatic carbocycles. The Hall–Kier alpha value is -1.36. The number of nitrogens with zero attached hydrogens (tertiary/aromatic N) is 1. The largest absolute Gasteiger partial charge is 0.383 e. The van der Waals surface area contributed by atoms with E-state index in [4.69, 9.17) is 9.47 Å². The first-order chi connectivity index (χ1) is 9.86. The second-order valence-electron chi connectivity index (χ2n) is 4.73. The van der Waals surface area contributed by atoms with Gasteiger partial charge in [-0.2, -0.15) is 0 Å². The maximum Gasteiger partial charge on any atom is 0.0645 e. The summed E-state index contributed by atoms with van der Waals surface area (Å²) >= 11 is 0. The molecule has 1 heterocycles. The van der Waals surface area contributed by atoms with Crippen LogP contribution in [0.5, 0.6) is 0 Å². The number of fused-ring (bicyclic) bond motifs is 1. The van der Waals surface area contributed by atoms with Crippen LogP contribution in [0.2, 0.25) is 0 Å². The fraction of sp³-hybridized carbons (Fsp3) is 0.500. The molecule has 0 aliphatic rings. The van der Waals surface area contributed by atoms with Gasteiger partial charge in [0, 0.05) is 39.5 Å². The summed E-state index contributed by atoms with van der Waals surface area (Å²) in [5, 5.41) is 4.69. The van der Waals surface area contributed by atoms with E-state index in [9.17, 15) is 0 Å². The fourth-order valence-corrected chi connectivity index (χ4v) is 2.37. The Kier molecular flexibility index (Phi) is 6.05. The molecule has 0 saturated carbocycles. The summed E-state index contributed by atoms with van der Waals surface area (Å²) in [6.07, 6.45) is 2.14. The Morgan fingerprint density at radius 1 is 1.20 bits per heavy atom. The highest BCUT2D eigenvalue weighted by Crippen LogP contribution is 2.20. The molecule has 0 atom stereocenters. The molecule has 0 fully saturated rings. The highest BCUT2D eigenvalue weighted by molar-refractivity contribution is 5.83. The van der Waals surface area contributed by atoms with Gasteiger partial charge in [0.15, 0.2) is 0 Å². The normalized spacial score (nSPS) is 11.3. The van der Waals surface area contributed by atoms with E-state index in [2.05, 4.69) is 40.3 Å². The summed E-state index contributed by atoms with van der Waals surface area (Å²) < 4.78 is 12.8. The van der Waals surface area contributed by atoms with Crippen molar-refractivity contribution in [2.45, 2.75) is 20.0 Å². The number of para-hydroxylation sites is 1. The summed E-state index contributed by atoms with van der Waals surface area (Å²) in [7, 11) is 1.72. The predicted octanol–water partition coefficient (Wildman–Crippen LogP) is 2.41. The Bertz CT molecular complexity index is 522. The van der Waals surface area contributed by atoms with Gasteiger partial charge < -0.3 is 19.4 Å². The minimum atomic E-state index is 0.737. The topological polar surface area (TPSA) is 35.4 Å². The van der Waals surface area contributed by atoms with Crippen LogP contribution < -0.4 is 5.32 Å². The van der Waals surface area contributed by atoms with Crippen LogP contribution in [-0.2, 0) is 22.6 Å². The molecule has 1 aromatic heterocycles. The molecule has 1 N–H and O–H groups in total. The molecule has 0 spiro atoms. The maximum absolute atomic E-state index is 5.46. The van der Waals surface area contributed by atoms with Crippen LogP contribution in [0.15, 0.2) is 30.5 Å². The van der Waals surface area contributed by atoms with E-state index in [0.29, 0.717) is 0 Å². The third-order valence-electron chi connectivity index (χ3n) is 3.35. The van der Waals surface area contributed by atoms with Gasteiger partial charge in [-0.1, -0.05) is 18.2 Å². The second-order valence-corrected chi connectivity index (χ2v) is 4.73. The second kappa shape index (κ2) is 8.04. The minimum absolute atomic E-state index is 0.737. The van der Waals surface area contributed by atoms with Crippen molar-refractivity contribution in [2.75, 3.05) is 33.5 Å². The summed E-state index contributed by atoms with van der Waals surface area (Å²) in [4.78, 5) is 0. The van der Waals surface area contributed by atoms with Crippen LogP contribution in [0.3, 0.4) is 0 Å². The SMILES string of the molecule is CCOCCn1ccc2cccc(CNCCOC)c21. The van der Waals surface area contributed by atoms with Crippen LogP contribution in [0, 0.1) is 0 Å². The highest BCUT2D eigenvalue weighted by atomic mass is 16.5. The van der Waals surface area contributed by atoms with Crippen LogP contribution in [0.4, 0.5) is 0 Å². The lowest BCUT2D eigenvalue weighted by atomic mass is 10.1. The molecule has 2 rings (SSSR count). The number of ether oxygens (including phenoxy) is 2. The van der Waals surface area contributed by atoms with Crippen molar-refractivity contribution in [3.05, 3.63) is 36.0 Å². The van der Waals surface area contributed by atoms with Crippen molar-refractivity contribution >= 4 is 10.9 Å². The molecular formula is C16H24N2O2. The zero-order chi connectivity index (χ0) is 14.2. The molecule has 4 heteroatoms. The lowest BCUT2D eigenvalue weighted by molar-refractivity contribution is 0.140. The van der Waals surface area contributed by atoms with Gasteiger partial charge in [0.2, 0.25) is 0 Å². The average Bonchev–Trinajstić information content (AvgIpc) is 2.88. The third kappa shape index (κ3) is 3.82. The quantitative estimate of drug-likeness (QED) is 0.714. The molecule has 1 aromatic carbocycles. The van der Waals surface area contributed by atoms with Gasteiger partial charge >= 0.3 is 0 Å². The van der Waals surface area contributed by atoms with E-state index in [1.165, 1.54) is 16.5 Å². The number of methoxy groups -OCH3 is 1. The number of aromatic nitrogens is 1. The van der Waals surface area contributed by atoms with Crippen molar-refractivity contribution in [2.24, 2.45) is 0 Å². The molecule has 0 bridgehead atoms. The van der Waals surface area contributed by atoms with E-state index in [1.807, 2.05) is 6.92 Å². The third-order valence-corrected chi connectivity index (χ3v) is 3.35. The summed E-state index contributed by atoms with van der Waals surface area (Å²) in [5.41, 5.74) is 2.62. The number of hydrogen-bond donors (Lipinski definition) is 1. The van der Waals surface area contributed by atoms with Gasteiger partial charge in [-0.05, 0) is 23.9 Å². The van der Waals surface area contributed by atoms with E-state index in [1.54, 1.807) is 7.11 Å². The van der Waals surface area contributed by atoms with Gasteiger partial charge in [0.25, 0.3) is 0 Å². The average molecular weight is 276 g/mol. The van der Waals surface area contributed by atoms with Crippen LogP contribution >= 0.6 is 0 Å². The number of benzene rings is 1.